The summed E-state index contributed by atoms with van der Waals surface area (Å²) >= 11 is 0. The number of nitrogens with two attached hydrogens (primary N) is 1. The van der Waals surface area contributed by atoms with Gasteiger partial charge < -0.3 is 5.73 Å². The first kappa shape index (κ1) is 19.9. The molecule has 7 heteroatoms. The Morgan fingerprint density at radius 3 is 2.62 bits per heavy atom. The minimum absolute atomic E-state index is 0. The zero-order chi connectivity index (χ0) is 15.2. The van der Waals surface area contributed by atoms with Crippen molar-refractivity contribution in [2.45, 2.75) is 44.0 Å². The molecule has 1 rings (SSSR count). The molecule has 1 atom stereocenters. The van der Waals surface area contributed by atoms with Gasteiger partial charge in [0.1, 0.15) is 0 Å². The van der Waals surface area contributed by atoms with Gasteiger partial charge in [0.15, 0.2) is 0 Å². The van der Waals surface area contributed by atoms with E-state index in [0.29, 0.717) is 17.5 Å². The summed E-state index contributed by atoms with van der Waals surface area (Å²) in [5.41, 5.74) is 6.55. The van der Waals surface area contributed by atoms with Crippen LogP contribution in [-0.2, 0) is 10.0 Å². The minimum atomic E-state index is -3.65. The zero-order valence-electron chi connectivity index (χ0n) is 12.3. The number of hydrogen-bond acceptors (Lipinski definition) is 4. The number of unbranched alkanes of at least 4 members (excludes halogenated alkanes) is 1. The molecule has 1 unspecified atom stereocenters. The summed E-state index contributed by atoms with van der Waals surface area (Å²) in [5.74, 6) is 0. The van der Waals surface area contributed by atoms with Gasteiger partial charge in [-0.15, -0.1) is 12.4 Å². The second-order valence-electron chi connectivity index (χ2n) is 4.79. The molecule has 0 aliphatic carbocycles. The number of nitrogens with zero attached hydrogens (tertiary/aromatic N) is 1. The largest absolute Gasteiger partial charge is 0.329 e. The van der Waals surface area contributed by atoms with E-state index in [-0.39, 0.29) is 29.9 Å². The molecule has 0 aromatic heterocycles. The van der Waals surface area contributed by atoms with Crippen molar-refractivity contribution < 1.29 is 8.42 Å². The molecule has 0 bridgehead atoms. The van der Waals surface area contributed by atoms with Crippen molar-refractivity contribution in [1.82, 2.24) is 4.72 Å². The van der Waals surface area contributed by atoms with Crippen LogP contribution >= 0.6 is 12.4 Å². The number of sulfonamides is 1. The van der Waals surface area contributed by atoms with Gasteiger partial charge in [0.2, 0.25) is 10.0 Å². The molecular formula is C14H22ClN3O2S. The molecule has 21 heavy (non-hydrogen) atoms. The van der Waals surface area contributed by atoms with Crippen LogP contribution in [0.2, 0.25) is 0 Å². The van der Waals surface area contributed by atoms with E-state index in [1.165, 1.54) is 6.07 Å². The molecule has 0 aliphatic rings. The van der Waals surface area contributed by atoms with Gasteiger partial charge in [-0.05, 0) is 31.0 Å². The van der Waals surface area contributed by atoms with Crippen molar-refractivity contribution >= 4 is 22.4 Å². The molecule has 0 fully saturated rings. The van der Waals surface area contributed by atoms with Gasteiger partial charge in [-0.25, -0.2) is 13.1 Å². The third-order valence-corrected chi connectivity index (χ3v) is 4.78. The first-order valence-corrected chi connectivity index (χ1v) is 8.16. The highest BCUT2D eigenvalue weighted by atomic mass is 35.5. The topological polar surface area (TPSA) is 96.0 Å². The highest BCUT2D eigenvalue weighted by Crippen LogP contribution is 2.17. The average molecular weight is 332 g/mol. The van der Waals surface area contributed by atoms with E-state index in [0.717, 1.165) is 12.8 Å². The molecule has 0 spiro atoms. The maximum absolute atomic E-state index is 12.4. The zero-order valence-corrected chi connectivity index (χ0v) is 13.9. The number of aryl methyl sites for hydroxylation is 1. The van der Waals surface area contributed by atoms with Crippen LogP contribution < -0.4 is 10.5 Å². The van der Waals surface area contributed by atoms with Crippen molar-refractivity contribution in [1.29, 1.82) is 5.26 Å². The second-order valence-corrected chi connectivity index (χ2v) is 6.47. The Balaban J connectivity index is 0.00000400. The average Bonchev–Trinajstić information content (AvgIpc) is 2.43. The fourth-order valence-corrected chi connectivity index (χ4v) is 3.47. The maximum Gasteiger partial charge on any atom is 0.241 e. The first-order valence-electron chi connectivity index (χ1n) is 6.67. The van der Waals surface area contributed by atoms with Crippen LogP contribution in [0.25, 0.3) is 0 Å². The number of rotatable bonds is 7. The van der Waals surface area contributed by atoms with Crippen molar-refractivity contribution in [3.8, 4) is 6.07 Å². The summed E-state index contributed by atoms with van der Waals surface area (Å²) < 4.78 is 27.4. The summed E-state index contributed by atoms with van der Waals surface area (Å²) in [6.45, 7) is 4.01. The number of nitrogens with one attached hydrogen (secondary N) is 1. The van der Waals surface area contributed by atoms with E-state index < -0.39 is 10.0 Å². The van der Waals surface area contributed by atoms with Crippen LogP contribution in [0, 0.1) is 18.3 Å². The number of hydrogen-bond donors (Lipinski definition) is 2. The third kappa shape index (κ3) is 5.64. The molecule has 0 radical (unpaired) electrons. The molecule has 1 aromatic rings. The van der Waals surface area contributed by atoms with E-state index in [1.54, 1.807) is 19.1 Å². The van der Waals surface area contributed by atoms with Gasteiger partial charge in [-0.1, -0.05) is 25.8 Å². The van der Waals surface area contributed by atoms with Gasteiger partial charge in [0, 0.05) is 12.6 Å². The minimum Gasteiger partial charge on any atom is -0.329 e. The number of benzene rings is 1. The predicted octanol–water partition coefficient (Wildman–Crippen LogP) is 2.08. The Morgan fingerprint density at radius 2 is 2.10 bits per heavy atom. The van der Waals surface area contributed by atoms with Gasteiger partial charge in [0.05, 0.1) is 16.5 Å². The molecule has 5 nitrogen and oxygen atoms in total. The SMILES string of the molecule is CCCCC(CN)NS(=O)(=O)c1cc(C#N)ccc1C.Cl. The van der Waals surface area contributed by atoms with Crippen LogP contribution in [0.1, 0.15) is 37.3 Å². The highest BCUT2D eigenvalue weighted by Gasteiger charge is 2.21. The lowest BCUT2D eigenvalue weighted by atomic mass is 10.1. The van der Waals surface area contributed by atoms with Crippen molar-refractivity contribution in [2.24, 2.45) is 5.73 Å². The van der Waals surface area contributed by atoms with Gasteiger partial charge in [0.25, 0.3) is 0 Å². The Hall–Kier alpha value is -1.13. The van der Waals surface area contributed by atoms with Crippen molar-refractivity contribution in [2.75, 3.05) is 6.54 Å². The quantitative estimate of drug-likeness (QED) is 0.799. The number of nitriles is 1. The molecular weight excluding hydrogens is 310 g/mol. The Morgan fingerprint density at radius 1 is 1.43 bits per heavy atom. The lowest BCUT2D eigenvalue weighted by Gasteiger charge is -2.17. The lowest BCUT2D eigenvalue weighted by molar-refractivity contribution is 0.516. The summed E-state index contributed by atoms with van der Waals surface area (Å²) in [6.07, 6.45) is 2.62. The predicted molar refractivity (Wildman–Crippen MR) is 85.8 cm³/mol. The summed E-state index contributed by atoms with van der Waals surface area (Å²) in [6, 6.07) is 6.31. The third-order valence-electron chi connectivity index (χ3n) is 3.12. The summed E-state index contributed by atoms with van der Waals surface area (Å²) in [4.78, 5) is 0.145. The van der Waals surface area contributed by atoms with Crippen LogP contribution in [0.3, 0.4) is 0 Å². The maximum atomic E-state index is 12.4. The van der Waals surface area contributed by atoms with E-state index in [2.05, 4.69) is 4.72 Å². The molecule has 0 saturated carbocycles. The molecule has 1 aromatic carbocycles. The Labute approximate surface area is 133 Å². The second kappa shape index (κ2) is 9.00. The molecule has 0 saturated heterocycles. The Kier molecular flexibility index (Phi) is 8.52. The van der Waals surface area contributed by atoms with Crippen LogP contribution in [0.5, 0.6) is 0 Å². The van der Waals surface area contributed by atoms with Gasteiger partial charge in [-0.2, -0.15) is 5.26 Å². The van der Waals surface area contributed by atoms with Crippen LogP contribution in [0.4, 0.5) is 0 Å². The molecule has 0 amide bonds. The molecule has 0 aliphatic heterocycles. The summed E-state index contributed by atoms with van der Waals surface area (Å²) in [5, 5.41) is 8.88. The number of halogens is 1. The normalized spacial score (nSPS) is 12.3. The van der Waals surface area contributed by atoms with E-state index in [9.17, 15) is 8.42 Å². The van der Waals surface area contributed by atoms with Crippen LogP contribution in [-0.4, -0.2) is 21.0 Å². The lowest BCUT2D eigenvalue weighted by Crippen LogP contribution is -2.40. The standard InChI is InChI=1S/C14H21N3O2S.ClH/c1-3-4-5-13(10-16)17-20(18,19)14-8-12(9-15)7-6-11(14)2;/h6-8,13,17H,3-5,10,16H2,1-2H3;1H. The van der Waals surface area contributed by atoms with Gasteiger partial charge >= 0.3 is 0 Å². The first-order chi connectivity index (χ1) is 9.44. The fraction of sp³-hybridized carbons (Fsp3) is 0.500. The highest BCUT2D eigenvalue weighted by molar-refractivity contribution is 7.89. The monoisotopic (exact) mass is 331 g/mol. The molecule has 118 valence electrons. The van der Waals surface area contributed by atoms with Crippen molar-refractivity contribution in [3.05, 3.63) is 29.3 Å². The van der Waals surface area contributed by atoms with E-state index in [1.807, 2.05) is 13.0 Å². The molecule has 3 N–H and O–H groups in total. The van der Waals surface area contributed by atoms with Gasteiger partial charge in [-0.3, -0.25) is 0 Å². The molecule has 0 heterocycles. The van der Waals surface area contributed by atoms with E-state index in [4.69, 9.17) is 11.0 Å². The Bertz CT molecular complexity index is 597. The van der Waals surface area contributed by atoms with E-state index >= 15 is 0 Å². The smallest absolute Gasteiger partial charge is 0.241 e. The fourth-order valence-electron chi connectivity index (χ4n) is 1.92. The summed E-state index contributed by atoms with van der Waals surface area (Å²) in [7, 11) is -3.65. The van der Waals surface area contributed by atoms with Crippen molar-refractivity contribution in [3.63, 3.8) is 0 Å². The van der Waals surface area contributed by atoms with Crippen LogP contribution in [0.15, 0.2) is 23.1 Å².